The Hall–Kier alpha value is -0.850. The molecule has 0 spiro atoms. The lowest BCUT2D eigenvalue weighted by molar-refractivity contribution is 1.27. The van der Waals surface area contributed by atoms with Gasteiger partial charge in [-0.1, -0.05) is 6.04 Å². The fourth-order valence-electron chi connectivity index (χ4n) is 0.286. The monoisotopic (exact) mass is 98.1 g/mol. The molecule has 1 nitrogen and oxygen atoms in total. The molecule has 0 aromatic carbocycles. The molecule has 0 atom stereocenters. The van der Waals surface area contributed by atoms with E-state index in [1.165, 1.54) is 0 Å². The molecule has 0 aliphatic heterocycles. The predicted octanol–water partition coefficient (Wildman–Crippen LogP) is 1.39. The highest BCUT2D eigenvalue weighted by Gasteiger charge is 1.73. The largest absolute Gasteiger partial charge is 0.264 e. The fraction of sp³-hybridized carbons (Fsp3) is 0.167. The third-order valence-corrected chi connectivity index (χ3v) is 0.560. The van der Waals surface area contributed by atoms with Gasteiger partial charge in [0.05, 0.1) is 2.74 Å². The van der Waals surface area contributed by atoms with E-state index in [0.717, 1.165) is 12.3 Å². The van der Waals surface area contributed by atoms with E-state index in [4.69, 9.17) is 6.85 Å². The molecule has 1 heteroatoms. The van der Waals surface area contributed by atoms with Gasteiger partial charge in [0, 0.05) is 16.5 Å². The van der Waals surface area contributed by atoms with Crippen molar-refractivity contribution in [1.29, 1.82) is 0 Å². The average molecular weight is 98.2 g/mol. The minimum absolute atomic E-state index is 0.0898. The van der Waals surface area contributed by atoms with Crippen molar-refractivity contribution in [3.63, 3.8) is 0 Å². The standard InChI is InChI=1S/C6H7N/c1-6-3-2-4-7-5-6/h2-5H,1H3/i1D3,3D,4D. The van der Waals surface area contributed by atoms with Gasteiger partial charge < -0.3 is 0 Å². The SMILES string of the molecule is [2H]c1cc([2H])c(C([2H])([2H])[2H])cn1. The molecular formula is C6H7N. The highest BCUT2D eigenvalue weighted by atomic mass is 14.6. The maximum absolute atomic E-state index is 7.25. The fourth-order valence-corrected chi connectivity index (χ4v) is 0.286. The molecular weight excluding hydrogens is 86.1 g/mol. The van der Waals surface area contributed by atoms with Gasteiger partial charge in [-0.25, -0.2) is 0 Å². The number of aryl methyl sites for hydroxylation is 1. The lowest BCUT2D eigenvalue weighted by atomic mass is 10.3. The molecule has 7 heavy (non-hydrogen) atoms. The number of pyridine rings is 1. The van der Waals surface area contributed by atoms with Crippen LogP contribution in [0.4, 0.5) is 0 Å². The Morgan fingerprint density at radius 2 is 3.00 bits per heavy atom. The van der Waals surface area contributed by atoms with Gasteiger partial charge in [-0.05, 0) is 18.5 Å². The van der Waals surface area contributed by atoms with Crippen LogP contribution >= 0.6 is 0 Å². The molecule has 0 amide bonds. The quantitative estimate of drug-likeness (QED) is 0.478. The number of hydrogen-bond donors (Lipinski definition) is 0. The summed E-state index contributed by atoms with van der Waals surface area (Å²) >= 11 is 0. The number of rotatable bonds is 0. The lowest BCUT2D eigenvalue weighted by Gasteiger charge is -1.82. The molecule has 0 fully saturated rings. The molecule has 0 N–H and O–H groups in total. The first-order valence-corrected chi connectivity index (χ1v) is 1.85. The van der Waals surface area contributed by atoms with Gasteiger partial charge in [-0.2, -0.15) is 0 Å². The van der Waals surface area contributed by atoms with Gasteiger partial charge in [0.25, 0.3) is 0 Å². The van der Waals surface area contributed by atoms with E-state index < -0.39 is 6.85 Å². The van der Waals surface area contributed by atoms with Crippen molar-refractivity contribution in [2.45, 2.75) is 6.85 Å². The van der Waals surface area contributed by atoms with E-state index in [0.29, 0.717) is 0 Å². The highest BCUT2D eigenvalue weighted by molar-refractivity contribution is 5.04. The van der Waals surface area contributed by atoms with Crippen molar-refractivity contribution in [3.8, 4) is 0 Å². The minimum Gasteiger partial charge on any atom is -0.264 e. The van der Waals surface area contributed by atoms with E-state index in [1.807, 2.05) is 0 Å². The van der Waals surface area contributed by atoms with Crippen LogP contribution in [0.25, 0.3) is 0 Å². The summed E-state index contributed by atoms with van der Waals surface area (Å²) in [5.74, 6) is 0. The summed E-state index contributed by atoms with van der Waals surface area (Å²) in [5.41, 5.74) is -0.112. The first-order valence-electron chi connectivity index (χ1n) is 4.35. The van der Waals surface area contributed by atoms with E-state index in [1.54, 1.807) is 0 Å². The summed E-state index contributed by atoms with van der Waals surface area (Å²) in [4.78, 5) is 3.49. The summed E-state index contributed by atoms with van der Waals surface area (Å²) in [6.45, 7) is -2.31. The molecule has 1 aromatic heterocycles. The topological polar surface area (TPSA) is 12.9 Å². The van der Waals surface area contributed by atoms with Crippen LogP contribution in [0.3, 0.4) is 0 Å². The van der Waals surface area contributed by atoms with E-state index >= 15 is 0 Å². The van der Waals surface area contributed by atoms with Crippen molar-refractivity contribution < 1.29 is 6.85 Å². The van der Waals surface area contributed by atoms with Gasteiger partial charge >= 0.3 is 0 Å². The first-order chi connectivity index (χ1) is 5.41. The zero-order valence-corrected chi connectivity index (χ0v) is 3.60. The maximum Gasteiger partial charge on any atom is 0.0840 e. The summed E-state index contributed by atoms with van der Waals surface area (Å²) in [5, 5.41) is 0. The number of aromatic nitrogens is 1. The van der Waals surface area contributed by atoms with Crippen LogP contribution in [0.2, 0.25) is 0 Å². The molecule has 0 radical (unpaired) electrons. The second-order valence-electron chi connectivity index (χ2n) is 1.09. The average Bonchev–Trinajstić information content (AvgIpc) is 1.83. The Kier molecular flexibility index (Phi) is 0.325. The number of nitrogens with zero attached hydrogens (tertiary/aromatic N) is 1. The Balaban J connectivity index is 3.19. The smallest absolute Gasteiger partial charge is 0.0840 e. The molecule has 1 rings (SSSR count). The molecule has 0 aliphatic carbocycles. The Labute approximate surface area is 50.0 Å². The van der Waals surface area contributed by atoms with Crippen LogP contribution in [0, 0.1) is 6.85 Å². The molecule has 0 saturated heterocycles. The molecule has 1 heterocycles. The highest BCUT2D eigenvalue weighted by Crippen LogP contribution is 1.88. The summed E-state index contributed by atoms with van der Waals surface area (Å²) in [6.07, 6.45) is 0.963. The van der Waals surface area contributed by atoms with Crippen molar-refractivity contribution in [3.05, 3.63) is 30.0 Å². The zero-order valence-electron chi connectivity index (χ0n) is 8.60. The van der Waals surface area contributed by atoms with E-state index in [2.05, 4.69) is 4.98 Å². The Morgan fingerprint density at radius 1 is 2.00 bits per heavy atom. The van der Waals surface area contributed by atoms with Gasteiger partial charge in [0.2, 0.25) is 0 Å². The Morgan fingerprint density at radius 3 is 3.71 bits per heavy atom. The van der Waals surface area contributed by atoms with Crippen molar-refractivity contribution >= 4 is 0 Å². The molecule has 0 unspecified atom stereocenters. The lowest BCUT2D eigenvalue weighted by Crippen LogP contribution is -1.69. The van der Waals surface area contributed by atoms with Crippen LogP contribution in [0.5, 0.6) is 0 Å². The molecule has 1 aromatic rings. The van der Waals surface area contributed by atoms with Crippen LogP contribution in [0.1, 0.15) is 12.4 Å². The van der Waals surface area contributed by atoms with Crippen molar-refractivity contribution in [2.24, 2.45) is 0 Å². The zero-order chi connectivity index (χ0) is 9.35. The second-order valence-corrected chi connectivity index (χ2v) is 1.09. The summed E-state index contributed by atoms with van der Waals surface area (Å²) in [7, 11) is 0. The molecule has 0 saturated carbocycles. The van der Waals surface area contributed by atoms with Crippen LogP contribution < -0.4 is 0 Å². The van der Waals surface area contributed by atoms with E-state index in [-0.39, 0.29) is 17.8 Å². The van der Waals surface area contributed by atoms with Gasteiger partial charge in [0.1, 0.15) is 0 Å². The van der Waals surface area contributed by atoms with Gasteiger partial charge in [-0.15, -0.1) is 0 Å². The second kappa shape index (κ2) is 1.73. The summed E-state index contributed by atoms with van der Waals surface area (Å²) < 4.78 is 35.3. The van der Waals surface area contributed by atoms with Gasteiger partial charge in [0.15, 0.2) is 0 Å². The first kappa shape index (κ1) is 1.31. The minimum atomic E-state index is -2.31. The number of hydrogen-bond acceptors (Lipinski definition) is 1. The molecule has 0 aliphatic rings. The third kappa shape index (κ3) is 1.000. The van der Waals surface area contributed by atoms with Gasteiger partial charge in [-0.3, -0.25) is 4.98 Å². The van der Waals surface area contributed by atoms with Crippen LogP contribution in [-0.4, -0.2) is 4.98 Å². The van der Waals surface area contributed by atoms with E-state index in [9.17, 15) is 0 Å². The molecule has 0 bridgehead atoms. The van der Waals surface area contributed by atoms with Crippen LogP contribution in [0.15, 0.2) is 24.5 Å². The molecule has 36 valence electrons. The normalized spacial score (nSPS) is 20.9. The maximum atomic E-state index is 7.25. The van der Waals surface area contributed by atoms with Crippen molar-refractivity contribution in [2.75, 3.05) is 0 Å². The summed E-state index contributed by atoms with van der Waals surface area (Å²) in [6, 6.07) is 0.955. The predicted molar refractivity (Wildman–Crippen MR) is 29.0 cm³/mol. The van der Waals surface area contributed by atoms with Crippen LogP contribution in [-0.2, 0) is 0 Å². The Bertz CT molecular complexity index is 292. The van der Waals surface area contributed by atoms with Crippen molar-refractivity contribution in [1.82, 2.24) is 4.98 Å². The third-order valence-electron chi connectivity index (χ3n) is 0.560.